The Hall–Kier alpha value is -1.83. The van der Waals surface area contributed by atoms with E-state index in [0.29, 0.717) is 0 Å². The van der Waals surface area contributed by atoms with Gasteiger partial charge in [-0.3, -0.25) is 0 Å². The Bertz CT molecular complexity index is 395. The van der Waals surface area contributed by atoms with Crippen molar-refractivity contribution in [1.29, 1.82) is 5.26 Å². The number of ether oxygens (including phenoxy) is 2. The summed E-state index contributed by atoms with van der Waals surface area (Å²) < 4.78 is 35.6. The molecule has 1 rings (SSSR count). The lowest BCUT2D eigenvalue weighted by atomic mass is 10.2. The van der Waals surface area contributed by atoms with E-state index < -0.39 is 22.9 Å². The van der Waals surface area contributed by atoms with E-state index in [-0.39, 0.29) is 5.75 Å². The third-order valence-electron chi connectivity index (χ3n) is 1.66. The van der Waals surface area contributed by atoms with Gasteiger partial charge in [0.25, 0.3) is 0 Å². The average Bonchev–Trinajstić information content (AvgIpc) is 2.20. The number of halogens is 2. The lowest BCUT2D eigenvalue weighted by Gasteiger charge is -2.09. The van der Waals surface area contributed by atoms with Crippen LogP contribution in [0.3, 0.4) is 0 Å². The molecule has 0 unspecified atom stereocenters. The molecule has 74 valence electrons. The Morgan fingerprint density at radius 2 is 1.79 bits per heavy atom. The summed E-state index contributed by atoms with van der Waals surface area (Å²) in [5.41, 5.74) is -0.417. The highest BCUT2D eigenvalue weighted by molar-refractivity contribution is 5.49. The maximum absolute atomic E-state index is 13.3. The number of benzene rings is 1. The second kappa shape index (κ2) is 3.92. The van der Waals surface area contributed by atoms with Gasteiger partial charge in [-0.15, -0.1) is 0 Å². The van der Waals surface area contributed by atoms with Crippen molar-refractivity contribution in [2.75, 3.05) is 14.2 Å². The fraction of sp³-hybridized carbons (Fsp3) is 0.222. The van der Waals surface area contributed by atoms with Crippen molar-refractivity contribution in [3.05, 3.63) is 23.3 Å². The van der Waals surface area contributed by atoms with Crippen LogP contribution in [0, 0.1) is 23.0 Å². The monoisotopic (exact) mass is 199 g/mol. The van der Waals surface area contributed by atoms with Crippen molar-refractivity contribution < 1.29 is 18.3 Å². The van der Waals surface area contributed by atoms with Gasteiger partial charge < -0.3 is 9.47 Å². The van der Waals surface area contributed by atoms with Crippen LogP contribution in [-0.4, -0.2) is 14.2 Å². The quantitative estimate of drug-likeness (QED) is 0.729. The van der Waals surface area contributed by atoms with E-state index in [4.69, 9.17) is 5.26 Å². The summed E-state index contributed by atoms with van der Waals surface area (Å²) in [6, 6.07) is 2.27. The fourth-order valence-electron chi connectivity index (χ4n) is 1.04. The molecule has 0 saturated heterocycles. The Labute approximate surface area is 79.5 Å². The molecule has 0 spiro atoms. The van der Waals surface area contributed by atoms with Crippen molar-refractivity contribution in [2.45, 2.75) is 0 Å². The molecule has 0 bridgehead atoms. The molecule has 14 heavy (non-hydrogen) atoms. The molecule has 0 aliphatic rings. The van der Waals surface area contributed by atoms with Gasteiger partial charge in [-0.25, -0.2) is 8.78 Å². The van der Waals surface area contributed by atoms with E-state index in [1.54, 1.807) is 0 Å². The standard InChI is InChI=1S/C9H7F2NO2/c1-13-8-6(10)3-5(4-12)7(11)9(8)14-2/h3H,1-2H3. The molecule has 1 aromatic carbocycles. The summed E-state index contributed by atoms with van der Waals surface area (Å²) in [5, 5.41) is 8.47. The molecule has 0 fully saturated rings. The van der Waals surface area contributed by atoms with Gasteiger partial charge in [0.2, 0.25) is 5.75 Å². The Kier molecular flexibility index (Phi) is 2.87. The molecule has 1 aromatic rings. The lowest BCUT2D eigenvalue weighted by molar-refractivity contribution is 0.322. The molecule has 0 atom stereocenters. The summed E-state index contributed by atoms with van der Waals surface area (Å²) in [6.45, 7) is 0. The number of nitrogens with zero attached hydrogens (tertiary/aromatic N) is 1. The number of hydrogen-bond acceptors (Lipinski definition) is 3. The van der Waals surface area contributed by atoms with Crippen LogP contribution in [0.15, 0.2) is 6.07 Å². The minimum absolute atomic E-state index is 0.344. The number of hydrogen-bond donors (Lipinski definition) is 0. The third kappa shape index (κ3) is 1.46. The molecule has 0 aromatic heterocycles. The van der Waals surface area contributed by atoms with Crippen LogP contribution in [0.25, 0.3) is 0 Å². The second-order valence-corrected chi connectivity index (χ2v) is 2.40. The van der Waals surface area contributed by atoms with Crippen LogP contribution in [0.1, 0.15) is 5.56 Å². The zero-order chi connectivity index (χ0) is 10.7. The van der Waals surface area contributed by atoms with Crippen molar-refractivity contribution in [3.63, 3.8) is 0 Å². The predicted molar refractivity (Wildman–Crippen MR) is 44.2 cm³/mol. The summed E-state index contributed by atoms with van der Waals surface area (Å²) in [6.07, 6.45) is 0. The van der Waals surface area contributed by atoms with Crippen molar-refractivity contribution in [3.8, 4) is 17.6 Å². The molecule has 0 aliphatic heterocycles. The third-order valence-corrected chi connectivity index (χ3v) is 1.66. The van der Waals surface area contributed by atoms with Crippen LogP contribution >= 0.6 is 0 Å². The summed E-state index contributed by atoms with van der Waals surface area (Å²) in [4.78, 5) is 0. The van der Waals surface area contributed by atoms with Crippen LogP contribution in [0.2, 0.25) is 0 Å². The first-order valence-electron chi connectivity index (χ1n) is 3.65. The normalized spacial score (nSPS) is 9.36. The summed E-state index contributed by atoms with van der Waals surface area (Å²) >= 11 is 0. The second-order valence-electron chi connectivity index (χ2n) is 2.40. The Balaban J connectivity index is 3.50. The molecule has 0 heterocycles. The maximum Gasteiger partial charge on any atom is 0.201 e. The van der Waals surface area contributed by atoms with Crippen molar-refractivity contribution >= 4 is 0 Å². The van der Waals surface area contributed by atoms with Gasteiger partial charge in [-0.1, -0.05) is 0 Å². The number of methoxy groups -OCH3 is 2. The minimum Gasteiger partial charge on any atom is -0.490 e. The molecule has 0 amide bonds. The van der Waals surface area contributed by atoms with E-state index in [1.165, 1.54) is 20.3 Å². The topological polar surface area (TPSA) is 42.2 Å². The van der Waals surface area contributed by atoms with Crippen molar-refractivity contribution in [1.82, 2.24) is 0 Å². The van der Waals surface area contributed by atoms with Gasteiger partial charge in [-0.05, 0) is 6.07 Å². The molecule has 0 aliphatic carbocycles. The highest BCUT2D eigenvalue weighted by Gasteiger charge is 2.19. The molecule has 5 heteroatoms. The summed E-state index contributed by atoms with van der Waals surface area (Å²) in [5.74, 6) is -2.50. The van der Waals surface area contributed by atoms with E-state index in [9.17, 15) is 8.78 Å². The highest BCUT2D eigenvalue weighted by atomic mass is 19.1. The van der Waals surface area contributed by atoms with E-state index >= 15 is 0 Å². The molecular formula is C9H7F2NO2. The van der Waals surface area contributed by atoms with Gasteiger partial charge in [0.15, 0.2) is 17.4 Å². The van der Waals surface area contributed by atoms with Gasteiger partial charge in [-0.2, -0.15) is 5.26 Å². The van der Waals surface area contributed by atoms with E-state index in [2.05, 4.69) is 9.47 Å². The number of nitriles is 1. The fourth-order valence-corrected chi connectivity index (χ4v) is 1.04. The smallest absolute Gasteiger partial charge is 0.201 e. The first-order chi connectivity index (χ1) is 6.65. The molecule has 0 saturated carbocycles. The van der Waals surface area contributed by atoms with Gasteiger partial charge in [0.05, 0.1) is 19.8 Å². The summed E-state index contributed by atoms with van der Waals surface area (Å²) in [7, 11) is 2.36. The van der Waals surface area contributed by atoms with Crippen LogP contribution < -0.4 is 9.47 Å². The first-order valence-corrected chi connectivity index (χ1v) is 3.65. The van der Waals surface area contributed by atoms with Gasteiger partial charge >= 0.3 is 0 Å². The van der Waals surface area contributed by atoms with E-state index in [0.717, 1.165) is 6.07 Å². The van der Waals surface area contributed by atoms with E-state index in [1.807, 2.05) is 0 Å². The van der Waals surface area contributed by atoms with Gasteiger partial charge in [0, 0.05) is 0 Å². The molecule has 0 radical (unpaired) electrons. The predicted octanol–water partition coefficient (Wildman–Crippen LogP) is 1.85. The van der Waals surface area contributed by atoms with Crippen LogP contribution in [0.5, 0.6) is 11.5 Å². The molecule has 3 nitrogen and oxygen atoms in total. The molecular weight excluding hydrogens is 192 g/mol. The van der Waals surface area contributed by atoms with Crippen LogP contribution in [-0.2, 0) is 0 Å². The Morgan fingerprint density at radius 3 is 2.21 bits per heavy atom. The largest absolute Gasteiger partial charge is 0.490 e. The SMILES string of the molecule is COc1c(F)cc(C#N)c(F)c1OC. The van der Waals surface area contributed by atoms with Crippen molar-refractivity contribution in [2.24, 2.45) is 0 Å². The van der Waals surface area contributed by atoms with Gasteiger partial charge in [0.1, 0.15) is 6.07 Å². The number of rotatable bonds is 2. The van der Waals surface area contributed by atoms with Crippen LogP contribution in [0.4, 0.5) is 8.78 Å². The first kappa shape index (κ1) is 10.3. The average molecular weight is 199 g/mol. The maximum atomic E-state index is 13.3. The zero-order valence-corrected chi connectivity index (χ0v) is 7.60. The highest BCUT2D eigenvalue weighted by Crippen LogP contribution is 2.34. The Morgan fingerprint density at radius 1 is 1.21 bits per heavy atom. The zero-order valence-electron chi connectivity index (χ0n) is 7.60. The molecule has 0 N–H and O–H groups in total. The lowest BCUT2D eigenvalue weighted by Crippen LogP contribution is -1.99. The minimum atomic E-state index is -0.923.